The molecule has 2 aliphatic heterocycles. The largest absolute Gasteiger partial charge is 0.387 e. The first-order valence-electron chi connectivity index (χ1n) is 19.7. The van der Waals surface area contributed by atoms with E-state index < -0.39 is 61.4 Å². The second-order valence-electron chi connectivity index (χ2n) is 14.5. The first-order valence-corrected chi connectivity index (χ1v) is 19.7. The SMILES string of the molecule is O[C@@H]1[C@H](O)[C@H](OCc2ccccc2)[C@H](O[C@H]2[C@H](OCc3ccccc3)[C@H](OCc3ccccc3)[C@H](O)O[C@H]2COCc2ccccc2)O[C@H]1COCc1ccccc1. The summed E-state index contributed by atoms with van der Waals surface area (Å²) in [6.45, 7) is 0.942. The summed E-state index contributed by atoms with van der Waals surface area (Å²) in [5, 5.41) is 34.7. The lowest BCUT2D eigenvalue weighted by atomic mass is 9.96. The Hall–Kier alpha value is -4.34. The van der Waals surface area contributed by atoms with Crippen LogP contribution >= 0.6 is 0 Å². The molecule has 58 heavy (non-hydrogen) atoms. The highest BCUT2D eigenvalue weighted by atomic mass is 16.7. The zero-order valence-corrected chi connectivity index (χ0v) is 32.3. The average Bonchev–Trinajstić information content (AvgIpc) is 3.26. The van der Waals surface area contributed by atoms with E-state index in [1.807, 2.05) is 152 Å². The fourth-order valence-corrected chi connectivity index (χ4v) is 7.08. The molecule has 0 spiro atoms. The van der Waals surface area contributed by atoms with E-state index in [0.717, 1.165) is 27.8 Å². The Morgan fingerprint density at radius 1 is 0.379 bits per heavy atom. The van der Waals surface area contributed by atoms with Gasteiger partial charge >= 0.3 is 0 Å². The van der Waals surface area contributed by atoms with E-state index in [2.05, 4.69) is 0 Å². The van der Waals surface area contributed by atoms with E-state index in [0.29, 0.717) is 0 Å². The molecule has 0 radical (unpaired) electrons. The van der Waals surface area contributed by atoms with Crippen LogP contribution in [0.25, 0.3) is 0 Å². The van der Waals surface area contributed by atoms with E-state index in [9.17, 15) is 15.3 Å². The summed E-state index contributed by atoms with van der Waals surface area (Å²) in [5.74, 6) is 0. The van der Waals surface area contributed by atoms with Gasteiger partial charge in [0.05, 0.1) is 46.2 Å². The lowest BCUT2D eigenvalue weighted by molar-refractivity contribution is -0.369. The Morgan fingerprint density at radius 2 is 0.759 bits per heavy atom. The zero-order chi connectivity index (χ0) is 39.9. The van der Waals surface area contributed by atoms with Crippen LogP contribution in [0, 0.1) is 0 Å². The minimum absolute atomic E-state index is 0.00424. The molecule has 5 aromatic carbocycles. The van der Waals surface area contributed by atoms with Gasteiger partial charge in [-0.05, 0) is 27.8 Å². The van der Waals surface area contributed by atoms with Crippen LogP contribution in [0.3, 0.4) is 0 Å². The molecule has 0 amide bonds. The molecular weight excluding hydrogens is 741 g/mol. The van der Waals surface area contributed by atoms with Crippen LogP contribution in [-0.2, 0) is 70.9 Å². The highest BCUT2D eigenvalue weighted by molar-refractivity contribution is 5.17. The third-order valence-corrected chi connectivity index (χ3v) is 10.2. The maximum absolute atomic E-state index is 11.7. The van der Waals surface area contributed by atoms with Crippen molar-refractivity contribution in [3.05, 3.63) is 179 Å². The minimum Gasteiger partial charge on any atom is -0.387 e. The monoisotopic (exact) mass is 792 g/mol. The number of rotatable bonds is 19. The molecule has 5 aromatic rings. The quantitative estimate of drug-likeness (QED) is 0.0948. The molecule has 0 aromatic heterocycles. The lowest BCUT2D eigenvalue weighted by Crippen LogP contribution is -2.65. The van der Waals surface area contributed by atoms with Crippen molar-refractivity contribution in [3.8, 4) is 0 Å². The number of ether oxygens (including phenoxy) is 8. The van der Waals surface area contributed by atoms with Crippen LogP contribution in [0.1, 0.15) is 27.8 Å². The molecule has 0 unspecified atom stereocenters. The first-order chi connectivity index (χ1) is 28.5. The second kappa shape index (κ2) is 21.6. The topological polar surface area (TPSA) is 135 Å². The van der Waals surface area contributed by atoms with Crippen molar-refractivity contribution in [1.82, 2.24) is 0 Å². The highest BCUT2D eigenvalue weighted by Crippen LogP contribution is 2.34. The molecule has 306 valence electrons. The van der Waals surface area contributed by atoms with Gasteiger partial charge in [0.15, 0.2) is 12.6 Å². The average molecular weight is 793 g/mol. The molecule has 10 atom stereocenters. The minimum atomic E-state index is -1.43. The summed E-state index contributed by atoms with van der Waals surface area (Å²) < 4.78 is 51.3. The molecule has 3 N–H and O–H groups in total. The van der Waals surface area contributed by atoms with Gasteiger partial charge in [-0.1, -0.05) is 152 Å². The molecule has 2 fully saturated rings. The molecule has 0 aliphatic carbocycles. The summed E-state index contributed by atoms with van der Waals surface area (Å²) in [5.41, 5.74) is 4.54. The van der Waals surface area contributed by atoms with Gasteiger partial charge in [0.2, 0.25) is 0 Å². The van der Waals surface area contributed by atoms with Crippen LogP contribution < -0.4 is 0 Å². The molecule has 0 bridgehead atoms. The van der Waals surface area contributed by atoms with Crippen molar-refractivity contribution in [2.45, 2.75) is 94.4 Å². The zero-order valence-electron chi connectivity index (χ0n) is 32.3. The molecule has 11 nitrogen and oxygen atoms in total. The smallest absolute Gasteiger partial charge is 0.187 e. The first kappa shape index (κ1) is 41.8. The number of aliphatic hydroxyl groups is 3. The van der Waals surface area contributed by atoms with Gasteiger partial charge in [0, 0.05) is 0 Å². The maximum atomic E-state index is 11.7. The van der Waals surface area contributed by atoms with Crippen LogP contribution in [-0.4, -0.2) is 89.9 Å². The van der Waals surface area contributed by atoms with Crippen molar-refractivity contribution < 1.29 is 53.2 Å². The summed E-state index contributed by atoms with van der Waals surface area (Å²) in [7, 11) is 0. The van der Waals surface area contributed by atoms with Gasteiger partial charge in [0.25, 0.3) is 0 Å². The predicted octanol–water partition coefficient (Wildman–Crippen LogP) is 5.73. The fraction of sp³-hybridized carbons (Fsp3) is 0.362. The Bertz CT molecular complexity index is 1870. The summed E-state index contributed by atoms with van der Waals surface area (Å²) in [4.78, 5) is 0. The van der Waals surface area contributed by atoms with Crippen molar-refractivity contribution in [1.29, 1.82) is 0 Å². The van der Waals surface area contributed by atoms with E-state index in [4.69, 9.17) is 37.9 Å². The Kier molecular flexibility index (Phi) is 15.6. The van der Waals surface area contributed by atoms with Crippen LogP contribution in [0.15, 0.2) is 152 Å². The Balaban J connectivity index is 1.18. The molecule has 2 saturated heterocycles. The Morgan fingerprint density at radius 3 is 1.21 bits per heavy atom. The van der Waals surface area contributed by atoms with Gasteiger partial charge in [-0.25, -0.2) is 0 Å². The standard InChI is InChI=1S/C47H52O11/c48-40-38(31-51-26-33-16-6-1-7-17-33)57-47(43(41(40)49)53-28-35-20-10-3-11-21-35)58-42-39(32-52-27-34-18-8-2-9-19-34)56-46(50)45(55-30-37-24-14-5-15-25-37)44(42)54-29-36-22-12-4-13-23-36/h1-25,38-50H,26-32H2/t38-,39-,40-,41-,42+,43-,44-,45-,46+,47-/m0/s1. The van der Waals surface area contributed by atoms with E-state index in [-0.39, 0.29) is 46.2 Å². The third kappa shape index (κ3) is 11.7. The molecule has 7 rings (SSSR count). The summed E-state index contributed by atoms with van der Waals surface area (Å²) in [6.07, 6.45) is -11.5. The second-order valence-corrected chi connectivity index (χ2v) is 14.5. The van der Waals surface area contributed by atoms with Crippen molar-refractivity contribution in [2.24, 2.45) is 0 Å². The van der Waals surface area contributed by atoms with Gasteiger partial charge < -0.3 is 53.2 Å². The summed E-state index contributed by atoms with van der Waals surface area (Å²) >= 11 is 0. The van der Waals surface area contributed by atoms with Crippen molar-refractivity contribution >= 4 is 0 Å². The van der Waals surface area contributed by atoms with Gasteiger partial charge in [-0.2, -0.15) is 0 Å². The van der Waals surface area contributed by atoms with Crippen LogP contribution in [0.5, 0.6) is 0 Å². The van der Waals surface area contributed by atoms with E-state index in [1.54, 1.807) is 0 Å². The van der Waals surface area contributed by atoms with Gasteiger partial charge in [-0.15, -0.1) is 0 Å². The van der Waals surface area contributed by atoms with Crippen LogP contribution in [0.2, 0.25) is 0 Å². The normalized spacial score (nSPS) is 27.3. The van der Waals surface area contributed by atoms with Crippen LogP contribution in [0.4, 0.5) is 0 Å². The molecule has 2 heterocycles. The van der Waals surface area contributed by atoms with Crippen molar-refractivity contribution in [2.75, 3.05) is 13.2 Å². The van der Waals surface area contributed by atoms with Gasteiger partial charge in [-0.3, -0.25) is 0 Å². The molecule has 2 aliphatic rings. The van der Waals surface area contributed by atoms with Gasteiger partial charge in [0.1, 0.15) is 48.8 Å². The Labute approximate surface area is 339 Å². The maximum Gasteiger partial charge on any atom is 0.187 e. The molecule has 11 heteroatoms. The predicted molar refractivity (Wildman–Crippen MR) is 214 cm³/mol. The molecule has 0 saturated carbocycles. The third-order valence-electron chi connectivity index (χ3n) is 10.2. The number of hydrogen-bond donors (Lipinski definition) is 3. The highest BCUT2D eigenvalue weighted by Gasteiger charge is 2.53. The number of aliphatic hydroxyl groups excluding tert-OH is 3. The lowest BCUT2D eigenvalue weighted by Gasteiger charge is -2.48. The molecular formula is C47H52O11. The van der Waals surface area contributed by atoms with Crippen molar-refractivity contribution in [3.63, 3.8) is 0 Å². The summed E-state index contributed by atoms with van der Waals surface area (Å²) in [6, 6.07) is 48.1. The van der Waals surface area contributed by atoms with E-state index in [1.165, 1.54) is 0 Å². The van der Waals surface area contributed by atoms with E-state index >= 15 is 0 Å². The number of benzene rings is 5. The fourth-order valence-electron chi connectivity index (χ4n) is 7.08. The number of hydrogen-bond acceptors (Lipinski definition) is 11.